The normalized spacial score (nSPS) is 12.0. The molecule has 19 heavy (non-hydrogen) atoms. The SMILES string of the molecule is CC(=O)CCCn1c(C(F)(F)F)nc2ccccc21. The quantitative estimate of drug-likeness (QED) is 0.853. The molecule has 0 aliphatic rings. The summed E-state index contributed by atoms with van der Waals surface area (Å²) in [5.74, 6) is -0.935. The van der Waals surface area contributed by atoms with Gasteiger partial charge in [-0.25, -0.2) is 4.98 Å². The fraction of sp³-hybridized carbons (Fsp3) is 0.385. The van der Waals surface area contributed by atoms with E-state index in [4.69, 9.17) is 0 Å². The maximum Gasteiger partial charge on any atom is 0.449 e. The van der Waals surface area contributed by atoms with Gasteiger partial charge in [-0.1, -0.05) is 12.1 Å². The molecule has 0 amide bonds. The number of para-hydroxylation sites is 2. The van der Waals surface area contributed by atoms with E-state index in [0.717, 1.165) is 4.57 Å². The van der Waals surface area contributed by atoms with Crippen molar-refractivity contribution in [2.45, 2.75) is 32.5 Å². The van der Waals surface area contributed by atoms with Crippen LogP contribution in [0.3, 0.4) is 0 Å². The molecule has 0 bridgehead atoms. The Morgan fingerprint density at radius 1 is 1.32 bits per heavy atom. The number of hydrogen-bond donors (Lipinski definition) is 0. The number of hydrogen-bond acceptors (Lipinski definition) is 2. The molecule has 0 spiro atoms. The monoisotopic (exact) mass is 270 g/mol. The van der Waals surface area contributed by atoms with Gasteiger partial charge in [0.15, 0.2) is 0 Å². The van der Waals surface area contributed by atoms with Gasteiger partial charge < -0.3 is 9.36 Å². The molecule has 0 radical (unpaired) electrons. The lowest BCUT2D eigenvalue weighted by atomic mass is 10.2. The number of aryl methyl sites for hydroxylation is 1. The summed E-state index contributed by atoms with van der Waals surface area (Å²) >= 11 is 0. The highest BCUT2D eigenvalue weighted by Crippen LogP contribution is 2.31. The van der Waals surface area contributed by atoms with Gasteiger partial charge in [0.2, 0.25) is 5.82 Å². The standard InChI is InChI=1S/C13H13F3N2O/c1-9(19)5-4-8-18-11-7-3-2-6-10(11)17-12(18)13(14,15)16/h2-3,6-7H,4-5,8H2,1H3. The van der Waals surface area contributed by atoms with Gasteiger partial charge >= 0.3 is 6.18 Å². The molecule has 0 aliphatic carbocycles. The summed E-state index contributed by atoms with van der Waals surface area (Å²) in [6, 6.07) is 6.47. The van der Waals surface area contributed by atoms with E-state index in [-0.39, 0.29) is 18.7 Å². The third-order valence-corrected chi connectivity index (χ3v) is 2.82. The van der Waals surface area contributed by atoms with Gasteiger partial charge in [0.05, 0.1) is 11.0 Å². The zero-order chi connectivity index (χ0) is 14.0. The average molecular weight is 270 g/mol. The Bertz CT molecular complexity index is 601. The Kier molecular flexibility index (Phi) is 3.59. The van der Waals surface area contributed by atoms with Crippen molar-refractivity contribution in [3.8, 4) is 0 Å². The molecule has 2 aromatic rings. The number of carbonyl (C=O) groups excluding carboxylic acids is 1. The molecule has 1 aromatic heterocycles. The van der Waals surface area contributed by atoms with Crippen LogP contribution >= 0.6 is 0 Å². The van der Waals surface area contributed by atoms with Gasteiger partial charge in [-0.15, -0.1) is 0 Å². The van der Waals surface area contributed by atoms with E-state index in [1.54, 1.807) is 24.3 Å². The van der Waals surface area contributed by atoms with Crippen LogP contribution in [0.25, 0.3) is 11.0 Å². The Morgan fingerprint density at radius 3 is 2.63 bits per heavy atom. The van der Waals surface area contributed by atoms with Crippen LogP contribution in [0.5, 0.6) is 0 Å². The van der Waals surface area contributed by atoms with Crippen LogP contribution in [0, 0.1) is 0 Å². The Hall–Kier alpha value is -1.85. The smallest absolute Gasteiger partial charge is 0.320 e. The Balaban J connectivity index is 2.40. The van der Waals surface area contributed by atoms with Crippen molar-refractivity contribution in [3.05, 3.63) is 30.1 Å². The van der Waals surface area contributed by atoms with E-state index in [0.29, 0.717) is 17.5 Å². The van der Waals surface area contributed by atoms with E-state index < -0.39 is 12.0 Å². The minimum Gasteiger partial charge on any atom is -0.320 e. The minimum absolute atomic E-state index is 0.0296. The molecule has 1 aromatic carbocycles. The Labute approximate surface area is 108 Å². The molecule has 0 N–H and O–H groups in total. The molecule has 0 saturated carbocycles. The van der Waals surface area contributed by atoms with Crippen LogP contribution in [-0.4, -0.2) is 15.3 Å². The molecule has 0 atom stereocenters. The molecule has 0 saturated heterocycles. The number of imidazole rings is 1. The average Bonchev–Trinajstić information content (AvgIpc) is 2.68. The zero-order valence-corrected chi connectivity index (χ0v) is 10.4. The number of ketones is 1. The summed E-state index contributed by atoms with van der Waals surface area (Å²) in [5.41, 5.74) is 0.760. The van der Waals surface area contributed by atoms with Gasteiger partial charge in [-0.2, -0.15) is 13.2 Å². The fourth-order valence-corrected chi connectivity index (χ4v) is 2.00. The van der Waals surface area contributed by atoms with Gasteiger partial charge in [-0.3, -0.25) is 0 Å². The maximum absolute atomic E-state index is 12.9. The summed E-state index contributed by atoms with van der Waals surface area (Å²) < 4.78 is 39.9. The number of alkyl halides is 3. The van der Waals surface area contributed by atoms with Crippen LogP contribution in [0.15, 0.2) is 24.3 Å². The fourth-order valence-electron chi connectivity index (χ4n) is 2.00. The summed E-state index contributed by atoms with van der Waals surface area (Å²) in [6.45, 7) is 1.56. The molecule has 0 fully saturated rings. The number of aromatic nitrogens is 2. The molecule has 0 aliphatic heterocycles. The highest BCUT2D eigenvalue weighted by Gasteiger charge is 2.37. The minimum atomic E-state index is -4.49. The largest absolute Gasteiger partial charge is 0.449 e. The number of fused-ring (bicyclic) bond motifs is 1. The first-order valence-corrected chi connectivity index (χ1v) is 5.91. The van der Waals surface area contributed by atoms with Crippen LogP contribution in [-0.2, 0) is 17.5 Å². The highest BCUT2D eigenvalue weighted by atomic mass is 19.4. The number of halogens is 3. The molecule has 3 nitrogen and oxygen atoms in total. The van der Waals surface area contributed by atoms with Crippen molar-refractivity contribution in [1.82, 2.24) is 9.55 Å². The van der Waals surface area contributed by atoms with Crippen molar-refractivity contribution in [1.29, 1.82) is 0 Å². The number of benzene rings is 1. The molecular weight excluding hydrogens is 257 g/mol. The lowest BCUT2D eigenvalue weighted by molar-refractivity contribution is -0.146. The second-order valence-electron chi connectivity index (χ2n) is 4.38. The molecule has 0 unspecified atom stereocenters. The summed E-state index contributed by atoms with van der Waals surface area (Å²) in [5, 5.41) is 0. The first-order chi connectivity index (χ1) is 8.89. The molecule has 102 valence electrons. The van der Waals surface area contributed by atoms with Gasteiger partial charge in [0.25, 0.3) is 0 Å². The second-order valence-corrected chi connectivity index (χ2v) is 4.38. The van der Waals surface area contributed by atoms with Gasteiger partial charge in [-0.05, 0) is 25.5 Å². The second kappa shape index (κ2) is 5.03. The molecule has 1 heterocycles. The van der Waals surface area contributed by atoms with E-state index in [2.05, 4.69) is 4.98 Å². The van der Waals surface area contributed by atoms with Crippen molar-refractivity contribution in [2.24, 2.45) is 0 Å². The van der Waals surface area contributed by atoms with Crippen molar-refractivity contribution >= 4 is 16.8 Å². The van der Waals surface area contributed by atoms with Crippen LogP contribution in [0.2, 0.25) is 0 Å². The third kappa shape index (κ3) is 2.94. The van der Waals surface area contributed by atoms with Crippen LogP contribution in [0.1, 0.15) is 25.6 Å². The first-order valence-electron chi connectivity index (χ1n) is 5.91. The molecular formula is C13H13F3N2O. The Morgan fingerprint density at radius 2 is 2.00 bits per heavy atom. The lowest BCUT2D eigenvalue weighted by Crippen LogP contribution is -2.15. The lowest BCUT2D eigenvalue weighted by Gasteiger charge is -2.10. The number of Topliss-reactive ketones (excluding diaryl/α,β-unsaturated/α-hetero) is 1. The number of nitrogens with zero attached hydrogens (tertiary/aromatic N) is 2. The third-order valence-electron chi connectivity index (χ3n) is 2.82. The predicted octanol–water partition coefficient (Wildman–Crippen LogP) is 3.42. The van der Waals surface area contributed by atoms with Crippen LogP contribution in [0.4, 0.5) is 13.2 Å². The van der Waals surface area contributed by atoms with Crippen LogP contribution < -0.4 is 0 Å². The highest BCUT2D eigenvalue weighted by molar-refractivity contribution is 5.76. The summed E-state index contributed by atoms with van der Waals surface area (Å²) in [7, 11) is 0. The van der Waals surface area contributed by atoms with Crippen molar-refractivity contribution < 1.29 is 18.0 Å². The number of rotatable bonds is 4. The summed E-state index contributed by atoms with van der Waals surface area (Å²) in [6.07, 6.45) is -3.85. The van der Waals surface area contributed by atoms with Gasteiger partial charge in [0, 0.05) is 13.0 Å². The van der Waals surface area contributed by atoms with Crippen molar-refractivity contribution in [2.75, 3.05) is 0 Å². The van der Waals surface area contributed by atoms with E-state index in [1.165, 1.54) is 6.92 Å². The maximum atomic E-state index is 12.9. The molecule has 6 heteroatoms. The van der Waals surface area contributed by atoms with E-state index in [1.807, 2.05) is 0 Å². The topological polar surface area (TPSA) is 34.9 Å². The zero-order valence-electron chi connectivity index (χ0n) is 10.4. The first kappa shape index (κ1) is 13.6. The summed E-state index contributed by atoms with van der Waals surface area (Å²) in [4.78, 5) is 14.5. The van der Waals surface area contributed by atoms with E-state index in [9.17, 15) is 18.0 Å². The predicted molar refractivity (Wildman–Crippen MR) is 64.7 cm³/mol. The van der Waals surface area contributed by atoms with Crippen molar-refractivity contribution in [3.63, 3.8) is 0 Å². The van der Waals surface area contributed by atoms with E-state index >= 15 is 0 Å². The number of carbonyl (C=O) groups is 1. The van der Waals surface area contributed by atoms with Gasteiger partial charge in [0.1, 0.15) is 5.78 Å². The molecule has 2 rings (SSSR count).